The fourth-order valence-electron chi connectivity index (χ4n) is 4.56. The molecule has 1 aliphatic carbocycles. The van der Waals surface area contributed by atoms with Crippen LogP contribution in [0.1, 0.15) is 92.7 Å². The predicted octanol–water partition coefficient (Wildman–Crippen LogP) is 4.01. The molecule has 3 heterocycles. The van der Waals surface area contributed by atoms with Gasteiger partial charge in [0.2, 0.25) is 6.29 Å². The van der Waals surface area contributed by atoms with E-state index in [1.54, 1.807) is 11.6 Å². The zero-order chi connectivity index (χ0) is 23.2. The molecule has 0 bridgehead atoms. The van der Waals surface area contributed by atoms with E-state index in [1.165, 1.54) is 6.42 Å². The van der Waals surface area contributed by atoms with Gasteiger partial charge in [-0.15, -0.1) is 0 Å². The van der Waals surface area contributed by atoms with Crippen LogP contribution in [-0.4, -0.2) is 33.1 Å². The van der Waals surface area contributed by atoms with Crippen LogP contribution >= 0.6 is 0 Å². The first-order chi connectivity index (χ1) is 15.1. The molecular weight excluding hydrogens is 412 g/mol. The van der Waals surface area contributed by atoms with Gasteiger partial charge in [-0.3, -0.25) is 14.3 Å². The summed E-state index contributed by atoms with van der Waals surface area (Å²) < 4.78 is 20.8. The Labute approximate surface area is 188 Å². The van der Waals surface area contributed by atoms with Crippen LogP contribution < -0.4 is 10.9 Å². The minimum atomic E-state index is -0.699. The Bertz CT molecular complexity index is 1050. The monoisotopic (exact) mass is 446 g/mol. The second-order valence-electron chi connectivity index (χ2n) is 10.1. The molecule has 9 heteroatoms. The third-order valence-electron chi connectivity index (χ3n) is 6.79. The fraction of sp³-hybridized carbons (Fsp3) is 0.696. The van der Waals surface area contributed by atoms with Crippen molar-refractivity contribution >= 4 is 11.6 Å². The van der Waals surface area contributed by atoms with Crippen molar-refractivity contribution in [1.29, 1.82) is 0 Å². The van der Waals surface area contributed by atoms with Gasteiger partial charge < -0.3 is 19.3 Å². The number of hydrogen-bond donors (Lipinski definition) is 1. The average Bonchev–Trinajstić information content (AvgIpc) is 3.43. The molecule has 0 radical (unpaired) electrons. The summed E-state index contributed by atoms with van der Waals surface area (Å²) in [5, 5.41) is 6.73. The van der Waals surface area contributed by atoms with Gasteiger partial charge in [-0.1, -0.05) is 45.2 Å². The number of nitrogens with one attached hydrogen (secondary N) is 1. The van der Waals surface area contributed by atoms with Crippen LogP contribution in [-0.2, 0) is 16.5 Å². The van der Waals surface area contributed by atoms with Crippen LogP contribution in [0.15, 0.2) is 9.32 Å². The summed E-state index contributed by atoms with van der Waals surface area (Å²) >= 11 is 0. The molecule has 1 amide bonds. The number of amides is 1. The SMILES string of the molecule is Cc1c(C(=O)Nc2c(C)n(C)n(C3CCCCC3)c2=O)noc1[C@@H]1OC[C@@H](C(C)(C)C)O1. The van der Waals surface area contributed by atoms with Gasteiger partial charge in [0.15, 0.2) is 11.5 Å². The zero-order valence-corrected chi connectivity index (χ0v) is 19.9. The van der Waals surface area contributed by atoms with Crippen LogP contribution in [0, 0.1) is 19.3 Å². The molecule has 2 aliphatic rings. The maximum atomic E-state index is 13.1. The third-order valence-corrected chi connectivity index (χ3v) is 6.79. The average molecular weight is 447 g/mol. The van der Waals surface area contributed by atoms with Gasteiger partial charge in [-0.2, -0.15) is 0 Å². The summed E-state index contributed by atoms with van der Waals surface area (Å²) in [6.45, 7) is 10.3. The number of aromatic nitrogens is 3. The Morgan fingerprint density at radius 2 is 1.84 bits per heavy atom. The van der Waals surface area contributed by atoms with Crippen molar-refractivity contribution in [3.63, 3.8) is 0 Å². The Balaban J connectivity index is 1.54. The molecule has 0 aromatic carbocycles. The Hall–Kier alpha value is -2.39. The van der Waals surface area contributed by atoms with Gasteiger partial charge in [0.05, 0.1) is 24.4 Å². The number of carbonyl (C=O) groups is 1. The second kappa shape index (κ2) is 8.51. The number of rotatable bonds is 4. The van der Waals surface area contributed by atoms with Gasteiger partial charge in [0, 0.05) is 12.6 Å². The van der Waals surface area contributed by atoms with Gasteiger partial charge >= 0.3 is 0 Å². The van der Waals surface area contributed by atoms with E-state index in [4.69, 9.17) is 14.0 Å². The molecule has 1 N–H and O–H groups in total. The van der Waals surface area contributed by atoms with E-state index >= 15 is 0 Å². The highest BCUT2D eigenvalue weighted by molar-refractivity contribution is 6.04. The molecule has 32 heavy (non-hydrogen) atoms. The molecule has 9 nitrogen and oxygen atoms in total. The van der Waals surface area contributed by atoms with Crippen molar-refractivity contribution in [2.75, 3.05) is 11.9 Å². The Morgan fingerprint density at radius 3 is 2.47 bits per heavy atom. The lowest BCUT2D eigenvalue weighted by Gasteiger charge is -2.24. The highest BCUT2D eigenvalue weighted by Gasteiger charge is 2.39. The van der Waals surface area contributed by atoms with Crippen LogP contribution in [0.4, 0.5) is 5.69 Å². The molecule has 0 spiro atoms. The van der Waals surface area contributed by atoms with Gasteiger partial charge in [-0.25, -0.2) is 4.68 Å². The fourth-order valence-corrected chi connectivity index (χ4v) is 4.56. The molecule has 2 atom stereocenters. The van der Waals surface area contributed by atoms with E-state index in [9.17, 15) is 9.59 Å². The highest BCUT2D eigenvalue weighted by Crippen LogP contribution is 2.37. The Kier molecular flexibility index (Phi) is 6.06. The normalized spacial score (nSPS) is 22.4. The van der Waals surface area contributed by atoms with E-state index in [0.29, 0.717) is 23.6 Å². The lowest BCUT2D eigenvalue weighted by molar-refractivity contribution is -0.0930. The first kappa shape index (κ1) is 22.8. The summed E-state index contributed by atoms with van der Waals surface area (Å²) in [6.07, 6.45) is 4.61. The maximum Gasteiger partial charge on any atom is 0.291 e. The van der Waals surface area contributed by atoms with E-state index in [1.807, 2.05) is 18.7 Å². The Morgan fingerprint density at radius 1 is 1.16 bits per heavy atom. The largest absolute Gasteiger partial charge is 0.355 e. The highest BCUT2D eigenvalue weighted by atomic mass is 16.7. The van der Waals surface area contributed by atoms with Crippen molar-refractivity contribution in [2.45, 2.75) is 85.2 Å². The molecule has 176 valence electrons. The number of anilines is 1. The molecule has 1 saturated heterocycles. The van der Waals surface area contributed by atoms with Crippen molar-refractivity contribution in [3.05, 3.63) is 33.1 Å². The first-order valence-electron chi connectivity index (χ1n) is 11.4. The third kappa shape index (κ3) is 4.03. The number of carbonyl (C=O) groups excluding carboxylic acids is 1. The van der Waals surface area contributed by atoms with Crippen LogP contribution in [0.2, 0.25) is 0 Å². The van der Waals surface area contributed by atoms with Crippen LogP contribution in [0.25, 0.3) is 0 Å². The smallest absolute Gasteiger partial charge is 0.291 e. The number of hydrogen-bond acceptors (Lipinski definition) is 6. The molecule has 2 aromatic heterocycles. The summed E-state index contributed by atoms with van der Waals surface area (Å²) in [6, 6.07) is 0.165. The molecule has 4 rings (SSSR count). The molecular formula is C23H34N4O5. The number of ether oxygens (including phenoxy) is 2. The van der Waals surface area contributed by atoms with Crippen molar-refractivity contribution in [1.82, 2.24) is 14.5 Å². The van der Waals surface area contributed by atoms with Gasteiger partial charge in [-0.05, 0) is 32.1 Å². The van der Waals surface area contributed by atoms with E-state index < -0.39 is 12.2 Å². The van der Waals surface area contributed by atoms with Gasteiger partial charge in [0.25, 0.3) is 11.5 Å². The lowest BCUT2D eigenvalue weighted by Crippen LogP contribution is -2.29. The summed E-state index contributed by atoms with van der Waals surface area (Å²) in [5.41, 5.74) is 1.41. The van der Waals surface area contributed by atoms with Crippen molar-refractivity contribution < 1.29 is 18.8 Å². The molecule has 0 unspecified atom stereocenters. The topological polar surface area (TPSA) is 101 Å². The summed E-state index contributed by atoms with van der Waals surface area (Å²) in [5.74, 6) is -0.101. The lowest BCUT2D eigenvalue weighted by atomic mass is 9.90. The van der Waals surface area contributed by atoms with E-state index in [-0.39, 0.29) is 34.5 Å². The van der Waals surface area contributed by atoms with Crippen molar-refractivity contribution in [3.8, 4) is 0 Å². The quantitative estimate of drug-likeness (QED) is 0.762. The van der Waals surface area contributed by atoms with E-state index in [0.717, 1.165) is 25.7 Å². The minimum Gasteiger partial charge on any atom is -0.355 e. The summed E-state index contributed by atoms with van der Waals surface area (Å²) in [7, 11) is 1.86. The number of nitrogens with zero attached hydrogens (tertiary/aromatic N) is 3. The summed E-state index contributed by atoms with van der Waals surface area (Å²) in [4.78, 5) is 26.2. The first-order valence-corrected chi connectivity index (χ1v) is 11.4. The molecule has 1 saturated carbocycles. The maximum absolute atomic E-state index is 13.1. The van der Waals surface area contributed by atoms with Crippen LogP contribution in [0.3, 0.4) is 0 Å². The van der Waals surface area contributed by atoms with Gasteiger partial charge in [0.1, 0.15) is 5.69 Å². The zero-order valence-electron chi connectivity index (χ0n) is 19.9. The van der Waals surface area contributed by atoms with E-state index in [2.05, 4.69) is 31.2 Å². The molecule has 2 fully saturated rings. The minimum absolute atomic E-state index is 0.0774. The molecule has 2 aromatic rings. The second-order valence-corrected chi connectivity index (χ2v) is 10.1. The predicted molar refractivity (Wildman–Crippen MR) is 119 cm³/mol. The van der Waals surface area contributed by atoms with Crippen LogP contribution in [0.5, 0.6) is 0 Å². The van der Waals surface area contributed by atoms with Crippen molar-refractivity contribution in [2.24, 2.45) is 12.5 Å². The standard InChI is InChI=1S/C23H34N4O5/c1-13-17(25-32-19(13)22-30-12-16(31-22)23(3,4)5)20(28)24-18-14(2)26(6)27(21(18)29)15-10-8-7-9-11-15/h15-16,22H,7-12H2,1-6H3,(H,24,28)/t16-,22+/m0/s1. The molecule has 1 aliphatic heterocycles.